The molecule has 1 amide bonds. The van der Waals surface area contributed by atoms with Gasteiger partial charge in [0.05, 0.1) is 23.9 Å². The van der Waals surface area contributed by atoms with Crippen LogP contribution in [0.3, 0.4) is 0 Å². The number of ether oxygens (including phenoxy) is 1. The van der Waals surface area contributed by atoms with Gasteiger partial charge in [0.25, 0.3) is 0 Å². The van der Waals surface area contributed by atoms with Gasteiger partial charge in [0.15, 0.2) is 0 Å². The lowest BCUT2D eigenvalue weighted by atomic mass is 10.2. The molecule has 0 heterocycles. The highest BCUT2D eigenvalue weighted by atomic mass is 35.5. The third kappa shape index (κ3) is 5.06. The summed E-state index contributed by atoms with van der Waals surface area (Å²) in [7, 11) is 1.59. The van der Waals surface area contributed by atoms with Crippen LogP contribution in [0.1, 0.15) is 5.56 Å². The van der Waals surface area contributed by atoms with E-state index in [2.05, 4.69) is 10.6 Å². The van der Waals surface area contributed by atoms with Crippen molar-refractivity contribution in [3.63, 3.8) is 0 Å². The van der Waals surface area contributed by atoms with E-state index in [1.54, 1.807) is 7.11 Å². The average Bonchev–Trinajstić information content (AvgIpc) is 2.28. The van der Waals surface area contributed by atoms with Gasteiger partial charge in [-0.05, 0) is 24.6 Å². The number of anilines is 1. The molecule has 2 N–H and O–H groups in total. The summed E-state index contributed by atoms with van der Waals surface area (Å²) in [5, 5.41) is 6.32. The van der Waals surface area contributed by atoms with Crippen LogP contribution >= 0.6 is 11.6 Å². The summed E-state index contributed by atoms with van der Waals surface area (Å²) in [5.41, 5.74) is 1.85. The Hall–Kier alpha value is -1.26. The van der Waals surface area contributed by atoms with Crippen molar-refractivity contribution in [1.29, 1.82) is 0 Å². The first-order chi connectivity index (χ1) is 8.13. The highest BCUT2D eigenvalue weighted by Crippen LogP contribution is 2.22. The van der Waals surface area contributed by atoms with Crippen LogP contribution in [-0.2, 0) is 9.53 Å². The summed E-state index contributed by atoms with van der Waals surface area (Å²) in [6.07, 6.45) is 0. The summed E-state index contributed by atoms with van der Waals surface area (Å²) in [6, 6.07) is 5.66. The van der Waals surface area contributed by atoms with E-state index < -0.39 is 0 Å². The summed E-state index contributed by atoms with van der Waals surface area (Å²) < 4.78 is 4.83. The first kappa shape index (κ1) is 13.8. The number of amides is 1. The third-order valence-electron chi connectivity index (χ3n) is 2.19. The van der Waals surface area contributed by atoms with E-state index in [0.29, 0.717) is 18.2 Å². The minimum absolute atomic E-state index is 0.0845. The number of carbonyl (C=O) groups excluding carboxylic acids is 1. The molecule has 0 bridgehead atoms. The standard InChI is InChI=1S/C12H17ClN2O2/c1-9-3-4-11(10(13)7-9)15-8-12(16)14-5-6-17-2/h3-4,7,15H,5-6,8H2,1-2H3,(H,14,16). The fraction of sp³-hybridized carbons (Fsp3) is 0.417. The van der Waals surface area contributed by atoms with E-state index in [-0.39, 0.29) is 12.5 Å². The van der Waals surface area contributed by atoms with E-state index in [1.807, 2.05) is 25.1 Å². The van der Waals surface area contributed by atoms with Crippen LogP contribution in [0.4, 0.5) is 5.69 Å². The second kappa shape index (κ2) is 7.14. The topological polar surface area (TPSA) is 50.4 Å². The Bertz CT molecular complexity index is 383. The van der Waals surface area contributed by atoms with E-state index in [1.165, 1.54) is 0 Å². The van der Waals surface area contributed by atoms with Crippen molar-refractivity contribution in [1.82, 2.24) is 5.32 Å². The summed E-state index contributed by atoms with van der Waals surface area (Å²) in [5.74, 6) is -0.0845. The van der Waals surface area contributed by atoms with Crippen LogP contribution in [0.2, 0.25) is 5.02 Å². The molecule has 4 nitrogen and oxygen atoms in total. The molecule has 0 radical (unpaired) electrons. The number of carbonyl (C=O) groups is 1. The maximum atomic E-state index is 11.4. The normalized spacial score (nSPS) is 10.1. The van der Waals surface area contributed by atoms with Gasteiger partial charge in [-0.15, -0.1) is 0 Å². The number of methoxy groups -OCH3 is 1. The Morgan fingerprint density at radius 3 is 2.88 bits per heavy atom. The molecule has 0 saturated carbocycles. The Kier molecular flexibility index (Phi) is 5.80. The second-order valence-electron chi connectivity index (χ2n) is 3.68. The zero-order chi connectivity index (χ0) is 12.7. The van der Waals surface area contributed by atoms with Crippen LogP contribution in [0.25, 0.3) is 0 Å². The van der Waals surface area contributed by atoms with E-state index in [4.69, 9.17) is 16.3 Å². The molecular weight excluding hydrogens is 240 g/mol. The van der Waals surface area contributed by atoms with Crippen molar-refractivity contribution in [3.8, 4) is 0 Å². The zero-order valence-electron chi connectivity index (χ0n) is 10.0. The Morgan fingerprint density at radius 1 is 1.47 bits per heavy atom. The fourth-order valence-corrected chi connectivity index (χ4v) is 1.60. The molecule has 0 aliphatic rings. The quantitative estimate of drug-likeness (QED) is 0.764. The van der Waals surface area contributed by atoms with Crippen molar-refractivity contribution < 1.29 is 9.53 Å². The SMILES string of the molecule is COCCNC(=O)CNc1ccc(C)cc1Cl. The summed E-state index contributed by atoms with van der Waals surface area (Å²) >= 11 is 6.03. The molecule has 5 heteroatoms. The monoisotopic (exact) mass is 256 g/mol. The maximum Gasteiger partial charge on any atom is 0.239 e. The van der Waals surface area contributed by atoms with Gasteiger partial charge in [-0.3, -0.25) is 4.79 Å². The molecule has 0 spiro atoms. The van der Waals surface area contributed by atoms with Gasteiger partial charge in [0, 0.05) is 13.7 Å². The number of hydrogen-bond acceptors (Lipinski definition) is 3. The molecule has 0 aliphatic heterocycles. The first-order valence-electron chi connectivity index (χ1n) is 5.39. The van der Waals surface area contributed by atoms with Crippen molar-refractivity contribution in [2.24, 2.45) is 0 Å². The van der Waals surface area contributed by atoms with Crippen molar-refractivity contribution >= 4 is 23.2 Å². The number of hydrogen-bond donors (Lipinski definition) is 2. The third-order valence-corrected chi connectivity index (χ3v) is 2.51. The van der Waals surface area contributed by atoms with Crippen LogP contribution in [0, 0.1) is 6.92 Å². The van der Waals surface area contributed by atoms with Crippen LogP contribution in [0.15, 0.2) is 18.2 Å². The van der Waals surface area contributed by atoms with Gasteiger partial charge >= 0.3 is 0 Å². The molecule has 0 atom stereocenters. The van der Waals surface area contributed by atoms with Gasteiger partial charge in [-0.1, -0.05) is 17.7 Å². The molecule has 0 aliphatic carbocycles. The molecule has 0 aromatic heterocycles. The smallest absolute Gasteiger partial charge is 0.239 e. The molecule has 94 valence electrons. The van der Waals surface area contributed by atoms with Gasteiger partial charge in [0.1, 0.15) is 0 Å². The highest BCUT2D eigenvalue weighted by Gasteiger charge is 2.03. The Morgan fingerprint density at radius 2 is 2.24 bits per heavy atom. The van der Waals surface area contributed by atoms with E-state index >= 15 is 0 Å². The van der Waals surface area contributed by atoms with Crippen LogP contribution < -0.4 is 10.6 Å². The molecule has 1 aromatic rings. The minimum atomic E-state index is -0.0845. The van der Waals surface area contributed by atoms with Crippen LogP contribution in [-0.4, -0.2) is 32.7 Å². The molecule has 1 aromatic carbocycles. The average molecular weight is 257 g/mol. The lowest BCUT2D eigenvalue weighted by Gasteiger charge is -2.09. The van der Waals surface area contributed by atoms with Crippen molar-refractivity contribution in [2.75, 3.05) is 32.1 Å². The zero-order valence-corrected chi connectivity index (χ0v) is 10.8. The number of benzene rings is 1. The maximum absolute atomic E-state index is 11.4. The van der Waals surface area contributed by atoms with Gasteiger partial charge < -0.3 is 15.4 Å². The number of aryl methyl sites for hydroxylation is 1. The minimum Gasteiger partial charge on any atom is -0.383 e. The van der Waals surface area contributed by atoms with Gasteiger partial charge in [-0.2, -0.15) is 0 Å². The Labute approximate surface area is 106 Å². The van der Waals surface area contributed by atoms with Gasteiger partial charge in [0.2, 0.25) is 5.91 Å². The molecule has 17 heavy (non-hydrogen) atoms. The lowest BCUT2D eigenvalue weighted by molar-refractivity contribution is -0.119. The fourth-order valence-electron chi connectivity index (χ4n) is 1.29. The number of nitrogens with one attached hydrogen (secondary N) is 2. The second-order valence-corrected chi connectivity index (χ2v) is 4.09. The number of rotatable bonds is 6. The van der Waals surface area contributed by atoms with E-state index in [9.17, 15) is 4.79 Å². The Balaban J connectivity index is 2.37. The summed E-state index contributed by atoms with van der Waals surface area (Å²) in [6.45, 7) is 3.19. The molecular formula is C12H17ClN2O2. The van der Waals surface area contributed by atoms with E-state index in [0.717, 1.165) is 11.3 Å². The van der Waals surface area contributed by atoms with Crippen LogP contribution in [0.5, 0.6) is 0 Å². The lowest BCUT2D eigenvalue weighted by Crippen LogP contribution is -2.32. The first-order valence-corrected chi connectivity index (χ1v) is 5.77. The van der Waals surface area contributed by atoms with Crippen molar-refractivity contribution in [3.05, 3.63) is 28.8 Å². The predicted molar refractivity (Wildman–Crippen MR) is 69.6 cm³/mol. The molecule has 0 unspecified atom stereocenters. The molecule has 1 rings (SSSR count). The van der Waals surface area contributed by atoms with Gasteiger partial charge in [-0.25, -0.2) is 0 Å². The predicted octanol–water partition coefficient (Wildman–Crippen LogP) is 1.82. The summed E-state index contributed by atoms with van der Waals surface area (Å²) in [4.78, 5) is 11.4. The molecule has 0 saturated heterocycles. The highest BCUT2D eigenvalue weighted by molar-refractivity contribution is 6.33. The largest absolute Gasteiger partial charge is 0.383 e. The molecule has 0 fully saturated rings. The van der Waals surface area contributed by atoms with Crippen molar-refractivity contribution in [2.45, 2.75) is 6.92 Å². The number of halogens is 1.